The van der Waals surface area contributed by atoms with Gasteiger partial charge >= 0.3 is 5.91 Å². The number of halogens is 3. The minimum absolute atomic E-state index is 0.198. The van der Waals surface area contributed by atoms with Crippen molar-refractivity contribution < 1.29 is 13.9 Å². The smallest absolute Gasteiger partial charge is 0.307 e. The van der Waals surface area contributed by atoms with Crippen molar-refractivity contribution in [3.63, 3.8) is 0 Å². The number of ether oxygens (including phenoxy) is 1. The van der Waals surface area contributed by atoms with Crippen LogP contribution in [0.15, 0.2) is 97.3 Å². The molecule has 0 spiro atoms. The van der Waals surface area contributed by atoms with Crippen molar-refractivity contribution >= 4 is 88.3 Å². The van der Waals surface area contributed by atoms with Crippen LogP contribution in [0.5, 0.6) is 5.75 Å². The first-order valence-electron chi connectivity index (χ1n) is 10.6. The number of carbonyl (C=O) groups excluding carboxylic acids is 1. The SMILES string of the molecule is O=C(N/N=C/c1cc(Br)c(OCc2ccc3ccccc3c2)c(I)c1)c1cc2cc(Br)ccc2o1. The lowest BCUT2D eigenvalue weighted by molar-refractivity contribution is 0.0929. The van der Waals surface area contributed by atoms with Crippen LogP contribution in [-0.4, -0.2) is 12.1 Å². The average molecular weight is 704 g/mol. The highest BCUT2D eigenvalue weighted by Crippen LogP contribution is 2.32. The summed E-state index contributed by atoms with van der Waals surface area (Å²) in [4.78, 5) is 12.4. The lowest BCUT2D eigenvalue weighted by atomic mass is 10.1. The van der Waals surface area contributed by atoms with E-state index in [0.29, 0.717) is 12.2 Å². The van der Waals surface area contributed by atoms with E-state index in [4.69, 9.17) is 9.15 Å². The molecule has 0 atom stereocenters. The summed E-state index contributed by atoms with van der Waals surface area (Å²) in [7, 11) is 0. The number of nitrogens with one attached hydrogen (secondary N) is 1. The zero-order chi connectivity index (χ0) is 24.4. The topological polar surface area (TPSA) is 63.8 Å². The number of carbonyl (C=O) groups is 1. The molecule has 5 aromatic rings. The van der Waals surface area contributed by atoms with Crippen LogP contribution >= 0.6 is 54.5 Å². The number of hydrazone groups is 1. The second kappa shape index (κ2) is 10.5. The Morgan fingerprint density at radius 3 is 2.63 bits per heavy atom. The van der Waals surface area contributed by atoms with Crippen LogP contribution in [0.25, 0.3) is 21.7 Å². The zero-order valence-corrected chi connectivity index (χ0v) is 23.4. The van der Waals surface area contributed by atoms with Crippen LogP contribution in [0.2, 0.25) is 0 Å². The summed E-state index contributed by atoms with van der Waals surface area (Å²) in [5, 5.41) is 7.31. The Hall–Kier alpha value is -2.69. The minimum Gasteiger partial charge on any atom is -0.487 e. The van der Waals surface area contributed by atoms with E-state index in [9.17, 15) is 4.79 Å². The Morgan fingerprint density at radius 1 is 0.971 bits per heavy atom. The maximum atomic E-state index is 12.4. The second-order valence-electron chi connectivity index (χ2n) is 7.78. The molecule has 0 saturated heterocycles. The largest absolute Gasteiger partial charge is 0.487 e. The minimum atomic E-state index is -0.419. The molecule has 1 N–H and O–H groups in total. The van der Waals surface area contributed by atoms with Gasteiger partial charge in [-0.25, -0.2) is 5.43 Å². The Bertz CT molecular complexity index is 1570. The molecular formula is C27H17Br2IN2O3. The van der Waals surface area contributed by atoms with Gasteiger partial charge in [0.2, 0.25) is 0 Å². The van der Waals surface area contributed by atoms with Crippen LogP contribution in [-0.2, 0) is 6.61 Å². The molecule has 35 heavy (non-hydrogen) atoms. The number of hydrogen-bond donors (Lipinski definition) is 1. The van der Waals surface area contributed by atoms with E-state index in [0.717, 1.165) is 34.8 Å². The molecule has 0 unspecified atom stereocenters. The molecule has 0 radical (unpaired) electrons. The molecule has 0 aliphatic carbocycles. The summed E-state index contributed by atoms with van der Waals surface area (Å²) >= 11 is 9.24. The number of fused-ring (bicyclic) bond motifs is 2. The third-order valence-electron chi connectivity index (χ3n) is 5.30. The van der Waals surface area contributed by atoms with Gasteiger partial charge in [-0.05, 0) is 103 Å². The fourth-order valence-electron chi connectivity index (χ4n) is 3.62. The predicted octanol–water partition coefficient (Wildman–Crippen LogP) is 8.06. The molecular weight excluding hydrogens is 687 g/mol. The van der Waals surface area contributed by atoms with E-state index < -0.39 is 5.91 Å². The maximum Gasteiger partial charge on any atom is 0.307 e. The zero-order valence-electron chi connectivity index (χ0n) is 18.1. The highest BCUT2D eigenvalue weighted by molar-refractivity contribution is 14.1. The van der Waals surface area contributed by atoms with Gasteiger partial charge < -0.3 is 9.15 Å². The van der Waals surface area contributed by atoms with E-state index in [2.05, 4.69) is 95.3 Å². The van der Waals surface area contributed by atoms with E-state index in [1.807, 2.05) is 42.5 Å². The fraction of sp³-hybridized carbons (Fsp3) is 0.0370. The van der Waals surface area contributed by atoms with Gasteiger partial charge in [0, 0.05) is 9.86 Å². The maximum absolute atomic E-state index is 12.4. The van der Waals surface area contributed by atoms with Crippen molar-refractivity contribution in [1.82, 2.24) is 5.43 Å². The molecule has 5 rings (SSSR count). The standard InChI is InChI=1S/C27H17Br2IN2O3/c28-21-7-8-24-20(12-21)13-25(35-24)27(33)32-31-14-17-10-22(29)26(23(30)11-17)34-15-16-5-6-18-3-1-2-4-19(18)9-16/h1-14H,15H2,(H,32,33)/b31-14+. The van der Waals surface area contributed by atoms with Gasteiger partial charge in [-0.15, -0.1) is 0 Å². The number of furan rings is 1. The van der Waals surface area contributed by atoms with Gasteiger partial charge in [-0.3, -0.25) is 4.79 Å². The second-order valence-corrected chi connectivity index (χ2v) is 10.7. The number of rotatable bonds is 6. The molecule has 174 valence electrons. The lowest BCUT2D eigenvalue weighted by Gasteiger charge is -2.12. The van der Waals surface area contributed by atoms with Crippen molar-refractivity contribution in [2.75, 3.05) is 0 Å². The van der Waals surface area contributed by atoms with Crippen molar-refractivity contribution in [3.8, 4) is 5.75 Å². The quantitative estimate of drug-likeness (QED) is 0.111. The number of nitrogens with zero attached hydrogens (tertiary/aromatic N) is 1. The molecule has 0 aliphatic heterocycles. The van der Waals surface area contributed by atoms with E-state index >= 15 is 0 Å². The van der Waals surface area contributed by atoms with Gasteiger partial charge in [-0.2, -0.15) is 5.10 Å². The summed E-state index contributed by atoms with van der Waals surface area (Å²) < 4.78 is 14.4. The highest BCUT2D eigenvalue weighted by Gasteiger charge is 2.12. The molecule has 0 fully saturated rings. The van der Waals surface area contributed by atoms with Crippen LogP contribution < -0.4 is 10.2 Å². The van der Waals surface area contributed by atoms with Crippen molar-refractivity contribution in [2.24, 2.45) is 5.10 Å². The van der Waals surface area contributed by atoms with Gasteiger partial charge in [0.15, 0.2) is 5.76 Å². The number of hydrogen-bond acceptors (Lipinski definition) is 4. The average Bonchev–Trinajstić information content (AvgIpc) is 3.27. The fourth-order valence-corrected chi connectivity index (χ4v) is 5.77. The first-order chi connectivity index (χ1) is 17.0. The van der Waals surface area contributed by atoms with Gasteiger partial charge in [-0.1, -0.05) is 52.3 Å². The van der Waals surface area contributed by atoms with Crippen molar-refractivity contribution in [1.29, 1.82) is 0 Å². The molecule has 0 bridgehead atoms. The summed E-state index contributed by atoms with van der Waals surface area (Å²) in [5.41, 5.74) is 5.06. The Kier molecular flexibility index (Phi) is 7.22. The van der Waals surface area contributed by atoms with Crippen LogP contribution in [0.1, 0.15) is 21.7 Å². The third kappa shape index (κ3) is 5.60. The van der Waals surface area contributed by atoms with Crippen LogP contribution in [0.3, 0.4) is 0 Å². The molecule has 8 heteroatoms. The van der Waals surface area contributed by atoms with E-state index in [1.54, 1.807) is 12.3 Å². The summed E-state index contributed by atoms with van der Waals surface area (Å²) in [6.07, 6.45) is 1.58. The summed E-state index contributed by atoms with van der Waals surface area (Å²) in [5.74, 6) is 0.537. The molecule has 1 heterocycles. The van der Waals surface area contributed by atoms with Crippen LogP contribution in [0.4, 0.5) is 0 Å². The monoisotopic (exact) mass is 702 g/mol. The molecule has 1 amide bonds. The van der Waals surface area contributed by atoms with Gasteiger partial charge in [0.1, 0.15) is 17.9 Å². The first-order valence-corrected chi connectivity index (χ1v) is 13.2. The van der Waals surface area contributed by atoms with Gasteiger partial charge in [0.25, 0.3) is 0 Å². The molecule has 1 aromatic heterocycles. The lowest BCUT2D eigenvalue weighted by Crippen LogP contribution is -2.16. The predicted molar refractivity (Wildman–Crippen MR) is 154 cm³/mol. The number of amides is 1. The Labute approximate surface area is 231 Å². The van der Waals surface area contributed by atoms with Crippen molar-refractivity contribution in [3.05, 3.63) is 108 Å². The Balaban J connectivity index is 1.24. The molecule has 0 saturated carbocycles. The first kappa shape index (κ1) is 24.0. The molecule has 5 nitrogen and oxygen atoms in total. The Morgan fingerprint density at radius 2 is 1.80 bits per heavy atom. The van der Waals surface area contributed by atoms with E-state index in [-0.39, 0.29) is 5.76 Å². The van der Waals surface area contributed by atoms with E-state index in [1.165, 1.54) is 10.8 Å². The molecule has 4 aromatic carbocycles. The van der Waals surface area contributed by atoms with Crippen LogP contribution in [0, 0.1) is 3.57 Å². The normalized spacial score (nSPS) is 11.4. The highest BCUT2D eigenvalue weighted by atomic mass is 127. The molecule has 0 aliphatic rings. The number of benzene rings is 4. The van der Waals surface area contributed by atoms with Gasteiger partial charge in [0.05, 0.1) is 14.3 Å². The van der Waals surface area contributed by atoms with Crippen molar-refractivity contribution in [2.45, 2.75) is 6.61 Å². The third-order valence-corrected chi connectivity index (χ3v) is 7.18. The summed E-state index contributed by atoms with van der Waals surface area (Å²) in [6.45, 7) is 0.455. The summed E-state index contributed by atoms with van der Waals surface area (Å²) in [6, 6.07) is 25.7.